The summed E-state index contributed by atoms with van der Waals surface area (Å²) in [6.45, 7) is 13.2. The van der Waals surface area contributed by atoms with E-state index >= 15 is 0 Å². The van der Waals surface area contributed by atoms with Crippen molar-refractivity contribution in [2.75, 3.05) is 19.6 Å². The van der Waals surface area contributed by atoms with E-state index in [1.165, 1.54) is 0 Å². The number of H-pyrrole nitrogens is 1. The molecule has 0 aliphatic carbocycles. The first-order valence-corrected chi connectivity index (χ1v) is 23.4. The Morgan fingerprint density at radius 3 is 1.89 bits per heavy atom. The zero-order valence-electron chi connectivity index (χ0n) is 38.0. The normalized spacial score (nSPS) is 17.7. The highest BCUT2D eigenvalue weighted by Gasteiger charge is 2.38. The Balaban J connectivity index is 0.911. The van der Waals surface area contributed by atoms with Crippen LogP contribution >= 0.6 is 11.3 Å². The maximum atomic E-state index is 14.2. The van der Waals surface area contributed by atoms with Crippen molar-refractivity contribution in [2.24, 2.45) is 0 Å². The Morgan fingerprint density at radius 2 is 1.26 bits per heavy atom. The largest absolute Gasteiger partial charge is 0.444 e. The first-order chi connectivity index (χ1) is 31.2. The van der Waals surface area contributed by atoms with Crippen LogP contribution < -0.4 is 10.6 Å². The van der Waals surface area contributed by atoms with E-state index in [2.05, 4.69) is 86.6 Å². The molecule has 4 atom stereocenters. The number of nitrogens with zero attached hydrogens (tertiary/aromatic N) is 4. The maximum absolute atomic E-state index is 14.2. The molecule has 2 fully saturated rings. The van der Waals surface area contributed by atoms with Gasteiger partial charge in [-0.2, -0.15) is 0 Å². The SMILES string of the molecule is CC(C)(C)OC(=O)N[C@@H](CN1CCC[C@H]1c1nc(-c2ccc(-c3ccc(-c4cnc([C@@H]5CCCN5C(=O)[C@H](NC(=O)OC(C)(C)C)c5ccccc5)[nH]4)cc3)cc2)cs1)c1ccccc1. The number of aromatic nitrogens is 3. The van der Waals surface area contributed by atoms with Crippen molar-refractivity contribution in [2.45, 2.75) is 103 Å². The summed E-state index contributed by atoms with van der Waals surface area (Å²) in [6, 6.07) is 35.1. The molecule has 4 heterocycles. The van der Waals surface area contributed by atoms with Gasteiger partial charge in [-0.05, 0) is 102 Å². The van der Waals surface area contributed by atoms with Crippen LogP contribution in [-0.4, -0.2) is 73.7 Å². The summed E-state index contributed by atoms with van der Waals surface area (Å²) in [7, 11) is 0. The Bertz CT molecular complexity index is 2550. The molecule has 3 amide bonds. The van der Waals surface area contributed by atoms with Gasteiger partial charge in [-0.15, -0.1) is 11.3 Å². The topological polar surface area (TPSA) is 142 Å². The van der Waals surface area contributed by atoms with E-state index in [0.29, 0.717) is 24.5 Å². The number of thiazole rings is 1. The highest BCUT2D eigenvalue weighted by molar-refractivity contribution is 7.10. The average molecular weight is 894 g/mol. The molecule has 13 heteroatoms. The number of amides is 3. The number of likely N-dealkylation sites (tertiary alicyclic amines) is 2. The smallest absolute Gasteiger partial charge is 0.408 e. The number of aromatic amines is 1. The third kappa shape index (κ3) is 11.3. The van der Waals surface area contributed by atoms with Gasteiger partial charge in [0.1, 0.15) is 28.1 Å². The quantitative estimate of drug-likeness (QED) is 0.110. The fraction of sp³-hybridized carbons (Fsp3) is 0.365. The molecule has 65 heavy (non-hydrogen) atoms. The monoisotopic (exact) mass is 893 g/mol. The van der Waals surface area contributed by atoms with Crippen molar-refractivity contribution in [3.63, 3.8) is 0 Å². The van der Waals surface area contributed by atoms with E-state index in [4.69, 9.17) is 19.4 Å². The van der Waals surface area contributed by atoms with Gasteiger partial charge in [0.05, 0.1) is 35.7 Å². The van der Waals surface area contributed by atoms with Crippen molar-refractivity contribution >= 4 is 29.4 Å². The molecule has 0 spiro atoms. The van der Waals surface area contributed by atoms with Gasteiger partial charge >= 0.3 is 12.2 Å². The molecular weight excluding hydrogens is 835 g/mol. The number of hydrogen-bond acceptors (Lipinski definition) is 9. The number of benzene rings is 4. The zero-order valence-corrected chi connectivity index (χ0v) is 38.9. The van der Waals surface area contributed by atoms with E-state index < -0.39 is 29.4 Å². The van der Waals surface area contributed by atoms with Crippen LogP contribution in [0.3, 0.4) is 0 Å². The van der Waals surface area contributed by atoms with E-state index in [9.17, 15) is 14.4 Å². The van der Waals surface area contributed by atoms with Crippen LogP contribution in [0.1, 0.15) is 113 Å². The summed E-state index contributed by atoms with van der Waals surface area (Å²) < 4.78 is 11.2. The Morgan fingerprint density at radius 1 is 0.708 bits per heavy atom. The summed E-state index contributed by atoms with van der Waals surface area (Å²) in [4.78, 5) is 57.6. The van der Waals surface area contributed by atoms with E-state index in [1.807, 2.05) is 80.4 Å². The number of carbonyl (C=O) groups is 3. The fourth-order valence-electron chi connectivity index (χ4n) is 8.67. The second-order valence-corrected chi connectivity index (χ2v) is 19.7. The maximum Gasteiger partial charge on any atom is 0.408 e. The van der Waals surface area contributed by atoms with Crippen LogP contribution in [-0.2, 0) is 14.3 Å². The Labute approximate surface area is 385 Å². The predicted octanol–water partition coefficient (Wildman–Crippen LogP) is 11.2. The van der Waals surface area contributed by atoms with Gasteiger partial charge in [-0.3, -0.25) is 9.69 Å². The van der Waals surface area contributed by atoms with Crippen molar-refractivity contribution < 1.29 is 23.9 Å². The van der Waals surface area contributed by atoms with E-state index in [0.717, 1.165) is 76.4 Å². The molecule has 8 rings (SSSR count). The number of carbonyl (C=O) groups excluding carboxylic acids is 3. The molecule has 2 aliphatic heterocycles. The lowest BCUT2D eigenvalue weighted by atomic mass is 10.0. The third-order valence-corrected chi connectivity index (χ3v) is 12.6. The van der Waals surface area contributed by atoms with Crippen LogP contribution in [0.5, 0.6) is 0 Å². The van der Waals surface area contributed by atoms with Crippen molar-refractivity contribution in [1.82, 2.24) is 35.4 Å². The molecule has 4 aromatic carbocycles. The number of rotatable bonds is 12. The molecule has 0 radical (unpaired) electrons. The lowest BCUT2D eigenvalue weighted by molar-refractivity contribution is -0.134. The second kappa shape index (κ2) is 19.4. The minimum atomic E-state index is -0.897. The number of ether oxygens (including phenoxy) is 2. The summed E-state index contributed by atoms with van der Waals surface area (Å²) in [5.74, 6) is 0.513. The number of imidazole rings is 1. The highest BCUT2D eigenvalue weighted by Crippen LogP contribution is 2.38. The predicted molar refractivity (Wildman–Crippen MR) is 255 cm³/mol. The van der Waals surface area contributed by atoms with Crippen molar-refractivity contribution in [1.29, 1.82) is 0 Å². The molecule has 0 unspecified atom stereocenters. The zero-order chi connectivity index (χ0) is 45.7. The molecule has 6 aromatic rings. The fourth-order valence-corrected chi connectivity index (χ4v) is 9.67. The summed E-state index contributed by atoms with van der Waals surface area (Å²) >= 11 is 1.69. The molecule has 12 nitrogen and oxygen atoms in total. The van der Waals surface area contributed by atoms with Crippen LogP contribution in [0.4, 0.5) is 9.59 Å². The van der Waals surface area contributed by atoms with Crippen LogP contribution in [0.25, 0.3) is 33.6 Å². The minimum Gasteiger partial charge on any atom is -0.444 e. The van der Waals surface area contributed by atoms with Gasteiger partial charge < -0.3 is 30.0 Å². The first kappa shape index (κ1) is 45.3. The first-order valence-electron chi connectivity index (χ1n) is 22.5. The van der Waals surface area contributed by atoms with E-state index in [-0.39, 0.29) is 24.0 Å². The second-order valence-electron chi connectivity index (χ2n) is 18.8. The van der Waals surface area contributed by atoms with Crippen molar-refractivity contribution in [3.8, 4) is 33.6 Å². The molecule has 0 bridgehead atoms. The van der Waals surface area contributed by atoms with Gasteiger partial charge in [0.15, 0.2) is 0 Å². The lowest BCUT2D eigenvalue weighted by Crippen LogP contribution is -2.44. The molecule has 0 saturated carbocycles. The Hall–Kier alpha value is -6.31. The van der Waals surface area contributed by atoms with Gasteiger partial charge in [0.25, 0.3) is 5.91 Å². The number of hydrogen-bond donors (Lipinski definition) is 3. The molecule has 338 valence electrons. The summed E-state index contributed by atoms with van der Waals surface area (Å²) in [5, 5.41) is 9.19. The number of alkyl carbamates (subject to hydrolysis) is 2. The third-order valence-electron chi connectivity index (χ3n) is 11.7. The molecule has 2 saturated heterocycles. The average Bonchev–Trinajstić information content (AvgIpc) is 4.13. The van der Waals surface area contributed by atoms with Gasteiger partial charge in [0.2, 0.25) is 0 Å². The Kier molecular flexibility index (Phi) is 13.5. The van der Waals surface area contributed by atoms with Gasteiger partial charge in [0, 0.05) is 24.0 Å². The van der Waals surface area contributed by atoms with Crippen molar-refractivity contribution in [3.05, 3.63) is 143 Å². The molecular formula is C52H59N7O5S. The van der Waals surface area contributed by atoms with Gasteiger partial charge in [-0.25, -0.2) is 19.6 Å². The molecule has 2 aliphatic rings. The minimum absolute atomic E-state index is 0.170. The highest BCUT2D eigenvalue weighted by atomic mass is 32.1. The van der Waals surface area contributed by atoms with Gasteiger partial charge in [-0.1, -0.05) is 109 Å². The van der Waals surface area contributed by atoms with Crippen LogP contribution in [0.15, 0.2) is 121 Å². The van der Waals surface area contributed by atoms with E-state index in [1.54, 1.807) is 32.1 Å². The molecule has 3 N–H and O–H groups in total. The lowest BCUT2D eigenvalue weighted by Gasteiger charge is -2.29. The molecule has 2 aromatic heterocycles. The number of nitrogens with one attached hydrogen (secondary N) is 3. The van der Waals surface area contributed by atoms with Crippen LogP contribution in [0.2, 0.25) is 0 Å². The standard InChI is InChI=1S/C52H59N7O5S/c1-51(2,3)63-49(61)56-41(36-15-9-7-10-16-36)32-58-29-13-20-44(58)47-55-42(33-65-47)38-27-23-35(24-28-38)34-21-25-37(26-22-34)40-31-53-46(54-40)43-19-14-30-59(43)48(60)45(39-17-11-8-12-18-39)57-50(62)64-52(4,5)6/h7-12,15-18,21-28,31,33,41,43-45H,13-14,19-20,29-30,32H2,1-6H3,(H,53,54)(H,56,61)(H,57,62)/t41-,43-,44-,45+/m0/s1. The summed E-state index contributed by atoms with van der Waals surface area (Å²) in [5.41, 5.74) is 6.50. The van der Waals surface area contributed by atoms with Crippen LogP contribution in [0, 0.1) is 0 Å². The summed E-state index contributed by atoms with van der Waals surface area (Å²) in [6.07, 6.45) is 4.42.